The van der Waals surface area contributed by atoms with Crippen LogP contribution in [0.4, 0.5) is 0 Å². The minimum atomic E-state index is -0.679. The Hall–Kier alpha value is -0.160. The summed E-state index contributed by atoms with van der Waals surface area (Å²) < 4.78 is 0. The summed E-state index contributed by atoms with van der Waals surface area (Å²) in [5.74, 6) is 3.49. The predicted octanol–water partition coefficient (Wildman–Crippen LogP) is 6.69. The Morgan fingerprint density at radius 1 is 0.700 bits per heavy atom. The first-order valence-electron chi connectivity index (χ1n) is 12.4. The van der Waals surface area contributed by atoms with Gasteiger partial charge in [-0.1, -0.05) is 13.8 Å². The third-order valence-electron chi connectivity index (χ3n) is 7.87. The Kier molecular flexibility index (Phi) is 9.94. The fourth-order valence-electron chi connectivity index (χ4n) is 5.47. The van der Waals surface area contributed by atoms with Crippen LogP contribution in [-0.2, 0) is 9.59 Å². The van der Waals surface area contributed by atoms with Crippen LogP contribution in [-0.4, -0.2) is 38.9 Å². The number of carbonyl (C=O) groups excluding carboxylic acids is 1. The summed E-state index contributed by atoms with van der Waals surface area (Å²) in [7, 11) is 0. The largest absolute Gasteiger partial charge is 0.481 e. The number of carboxylic acid groups (broad SMARTS) is 1. The molecule has 0 radical (unpaired) electrons. The molecule has 0 bridgehead atoms. The van der Waals surface area contributed by atoms with Crippen molar-refractivity contribution in [1.29, 1.82) is 0 Å². The molecular weight excluding hydrogens is 412 g/mol. The third kappa shape index (κ3) is 7.46. The maximum Gasteiger partial charge on any atom is 0.306 e. The number of hydrogen-bond donors (Lipinski definition) is 1. The number of ketones is 1. The fraction of sp³-hybridized carbons (Fsp3) is 0.920. The van der Waals surface area contributed by atoms with Gasteiger partial charge in [0, 0.05) is 33.8 Å². The van der Waals surface area contributed by atoms with Crippen molar-refractivity contribution in [3.8, 4) is 0 Å². The van der Waals surface area contributed by atoms with Crippen LogP contribution in [0.25, 0.3) is 0 Å². The molecule has 3 aliphatic carbocycles. The smallest absolute Gasteiger partial charge is 0.306 e. The summed E-state index contributed by atoms with van der Waals surface area (Å²) in [6.07, 6.45) is 13.5. The highest BCUT2D eigenvalue weighted by Crippen LogP contribution is 2.38. The van der Waals surface area contributed by atoms with Crippen molar-refractivity contribution in [2.75, 3.05) is 11.5 Å². The van der Waals surface area contributed by atoms with Crippen LogP contribution in [0.1, 0.15) is 90.9 Å². The van der Waals surface area contributed by atoms with E-state index < -0.39 is 5.97 Å². The minimum Gasteiger partial charge on any atom is -0.481 e. The molecule has 0 heterocycles. The van der Waals surface area contributed by atoms with Crippen LogP contribution in [0.15, 0.2) is 0 Å². The van der Waals surface area contributed by atoms with Gasteiger partial charge in [-0.2, -0.15) is 23.5 Å². The van der Waals surface area contributed by atoms with E-state index in [0.717, 1.165) is 46.7 Å². The van der Waals surface area contributed by atoms with E-state index in [4.69, 9.17) is 0 Å². The monoisotopic (exact) mass is 454 g/mol. The number of thioether (sulfide) groups is 2. The molecule has 172 valence electrons. The summed E-state index contributed by atoms with van der Waals surface area (Å²) in [4.78, 5) is 24.7. The van der Waals surface area contributed by atoms with Gasteiger partial charge in [0.2, 0.25) is 0 Å². The minimum absolute atomic E-state index is 0.101. The van der Waals surface area contributed by atoms with Gasteiger partial charge in [0.05, 0.1) is 5.92 Å². The molecule has 3 rings (SSSR count). The Bertz CT molecular complexity index is 517. The van der Waals surface area contributed by atoms with Crippen LogP contribution >= 0.6 is 23.5 Å². The highest BCUT2D eigenvalue weighted by molar-refractivity contribution is 8.00. The van der Waals surface area contributed by atoms with Gasteiger partial charge >= 0.3 is 5.97 Å². The Morgan fingerprint density at radius 3 is 1.50 bits per heavy atom. The van der Waals surface area contributed by atoms with E-state index in [0.29, 0.717) is 18.6 Å². The van der Waals surface area contributed by atoms with Crippen molar-refractivity contribution >= 4 is 35.3 Å². The zero-order valence-corrected chi connectivity index (χ0v) is 20.7. The lowest BCUT2D eigenvalue weighted by molar-refractivity contribution is -0.144. The average molecular weight is 455 g/mol. The van der Waals surface area contributed by atoms with Crippen molar-refractivity contribution in [1.82, 2.24) is 0 Å². The molecule has 0 amide bonds. The molecule has 5 heteroatoms. The van der Waals surface area contributed by atoms with Gasteiger partial charge in [-0.05, 0) is 88.9 Å². The highest BCUT2D eigenvalue weighted by Gasteiger charge is 2.34. The van der Waals surface area contributed by atoms with Gasteiger partial charge in [-0.15, -0.1) is 0 Å². The van der Waals surface area contributed by atoms with E-state index in [-0.39, 0.29) is 17.8 Å². The molecule has 3 aliphatic rings. The SMILES string of the molecule is CC1CCC(SCC(CSC2CCC(C)CC2)C(=O)C2CCC(C(=O)O)CC2)CC1. The second kappa shape index (κ2) is 12.2. The van der Waals surface area contributed by atoms with Crippen molar-refractivity contribution in [3.63, 3.8) is 0 Å². The maximum absolute atomic E-state index is 13.5. The highest BCUT2D eigenvalue weighted by atomic mass is 32.2. The lowest BCUT2D eigenvalue weighted by Crippen LogP contribution is -2.33. The quantitative estimate of drug-likeness (QED) is 0.421. The first kappa shape index (κ1) is 24.5. The first-order valence-corrected chi connectivity index (χ1v) is 14.5. The molecule has 0 aromatic carbocycles. The number of carbonyl (C=O) groups is 2. The molecule has 30 heavy (non-hydrogen) atoms. The van der Waals surface area contributed by atoms with E-state index >= 15 is 0 Å². The predicted molar refractivity (Wildman–Crippen MR) is 129 cm³/mol. The lowest BCUT2D eigenvalue weighted by Gasteiger charge is -2.31. The third-order valence-corrected chi connectivity index (χ3v) is 10.9. The zero-order chi connectivity index (χ0) is 21.5. The number of rotatable bonds is 9. The molecule has 0 atom stereocenters. The van der Waals surface area contributed by atoms with Gasteiger partial charge < -0.3 is 5.11 Å². The summed E-state index contributed by atoms with van der Waals surface area (Å²) in [6, 6.07) is 0. The standard InChI is InChI=1S/C25H42O3S2/c1-17-3-11-22(12-4-17)29-15-21(16-30-23-13-5-18(2)6-14-23)24(26)19-7-9-20(10-8-19)25(27)28/h17-23H,3-16H2,1-2H3,(H,27,28). The maximum atomic E-state index is 13.5. The molecule has 0 spiro atoms. The number of Topliss-reactive ketones (excluding diaryl/α,β-unsaturated/α-hetero) is 1. The van der Waals surface area contributed by atoms with Crippen molar-refractivity contribution in [2.45, 2.75) is 101 Å². The summed E-state index contributed by atoms with van der Waals surface area (Å²) in [5.41, 5.74) is 0. The van der Waals surface area contributed by atoms with Crippen LogP contribution < -0.4 is 0 Å². The summed E-state index contributed by atoms with van der Waals surface area (Å²) in [5, 5.41) is 10.7. The zero-order valence-electron chi connectivity index (χ0n) is 19.0. The van der Waals surface area contributed by atoms with Gasteiger partial charge in [0.15, 0.2) is 0 Å². The van der Waals surface area contributed by atoms with E-state index in [2.05, 4.69) is 37.4 Å². The van der Waals surface area contributed by atoms with E-state index in [1.165, 1.54) is 51.4 Å². The Balaban J connectivity index is 1.52. The van der Waals surface area contributed by atoms with Crippen LogP contribution in [0.3, 0.4) is 0 Å². The van der Waals surface area contributed by atoms with Crippen molar-refractivity contribution in [3.05, 3.63) is 0 Å². The van der Waals surface area contributed by atoms with Gasteiger partial charge in [-0.3, -0.25) is 9.59 Å². The number of aliphatic carboxylic acids is 1. The molecule has 3 nitrogen and oxygen atoms in total. The first-order chi connectivity index (χ1) is 14.4. The lowest BCUT2D eigenvalue weighted by atomic mass is 9.78. The average Bonchev–Trinajstić information content (AvgIpc) is 2.76. The van der Waals surface area contributed by atoms with Crippen molar-refractivity contribution < 1.29 is 14.7 Å². The molecule has 3 saturated carbocycles. The van der Waals surface area contributed by atoms with Crippen LogP contribution in [0.2, 0.25) is 0 Å². The molecule has 0 unspecified atom stereocenters. The second-order valence-corrected chi connectivity index (χ2v) is 13.1. The van der Waals surface area contributed by atoms with E-state index in [1.807, 2.05) is 0 Å². The molecule has 3 fully saturated rings. The molecule has 0 aromatic rings. The normalized spacial score (nSPS) is 36.2. The summed E-state index contributed by atoms with van der Waals surface area (Å²) in [6.45, 7) is 4.73. The summed E-state index contributed by atoms with van der Waals surface area (Å²) >= 11 is 4.13. The van der Waals surface area contributed by atoms with Gasteiger partial charge in [0.1, 0.15) is 5.78 Å². The van der Waals surface area contributed by atoms with Gasteiger partial charge in [0.25, 0.3) is 0 Å². The van der Waals surface area contributed by atoms with E-state index in [9.17, 15) is 14.7 Å². The molecule has 0 aliphatic heterocycles. The second-order valence-electron chi connectivity index (χ2n) is 10.4. The fourth-order valence-corrected chi connectivity index (χ4v) is 8.40. The topological polar surface area (TPSA) is 54.4 Å². The van der Waals surface area contributed by atoms with Crippen molar-refractivity contribution in [2.24, 2.45) is 29.6 Å². The number of hydrogen-bond acceptors (Lipinski definition) is 4. The molecule has 0 saturated heterocycles. The van der Waals surface area contributed by atoms with Crippen LogP contribution in [0, 0.1) is 29.6 Å². The van der Waals surface area contributed by atoms with Gasteiger partial charge in [-0.25, -0.2) is 0 Å². The Morgan fingerprint density at radius 2 is 1.10 bits per heavy atom. The molecule has 1 N–H and O–H groups in total. The molecular formula is C25H42O3S2. The number of carboxylic acids is 1. The Labute approximate surface area is 192 Å². The van der Waals surface area contributed by atoms with E-state index in [1.54, 1.807) is 0 Å². The van der Waals surface area contributed by atoms with Crippen LogP contribution in [0.5, 0.6) is 0 Å². The molecule has 0 aromatic heterocycles.